The van der Waals surface area contributed by atoms with Crippen LogP contribution in [0, 0.1) is 0 Å². The lowest BCUT2D eigenvalue weighted by molar-refractivity contribution is 0.0728. The van der Waals surface area contributed by atoms with Crippen molar-refractivity contribution in [3.05, 3.63) is 60.2 Å². The molecule has 19 heavy (non-hydrogen) atoms. The molecule has 0 aliphatic heterocycles. The smallest absolute Gasteiger partial charge is 0.141 e. The predicted molar refractivity (Wildman–Crippen MR) is 73.6 cm³/mol. The van der Waals surface area contributed by atoms with Gasteiger partial charge < -0.3 is 4.74 Å². The molecule has 4 heteroatoms. The first kappa shape index (κ1) is 11.9. The molecule has 0 aliphatic carbocycles. The lowest BCUT2D eigenvalue weighted by Gasteiger charge is -2.05. The van der Waals surface area contributed by atoms with Crippen molar-refractivity contribution >= 4 is 11.0 Å². The van der Waals surface area contributed by atoms with Gasteiger partial charge in [-0.2, -0.15) is 0 Å². The molecule has 0 aliphatic rings. The minimum absolute atomic E-state index is 0.438. The van der Waals surface area contributed by atoms with E-state index in [1.54, 1.807) is 4.68 Å². The van der Waals surface area contributed by atoms with Gasteiger partial charge in [0.25, 0.3) is 0 Å². The summed E-state index contributed by atoms with van der Waals surface area (Å²) in [5.74, 6) is 0. The fraction of sp³-hybridized carbons (Fsp3) is 0.200. The van der Waals surface area contributed by atoms with Crippen LogP contribution in [0.4, 0.5) is 0 Å². The summed E-state index contributed by atoms with van der Waals surface area (Å²) < 4.78 is 7.43. The standard InChI is InChI=1S/C15H15N3O/c1-2-6-13(7-3-1)10-11-19-12-18-15-9-5-4-8-14(15)16-17-18/h1-9H,10-12H2. The third kappa shape index (κ3) is 2.80. The van der Waals surface area contributed by atoms with Crippen LogP contribution in [0.25, 0.3) is 11.0 Å². The van der Waals surface area contributed by atoms with E-state index in [1.165, 1.54) is 5.56 Å². The van der Waals surface area contributed by atoms with Crippen molar-refractivity contribution < 1.29 is 4.74 Å². The molecule has 0 N–H and O–H groups in total. The summed E-state index contributed by atoms with van der Waals surface area (Å²) in [6.07, 6.45) is 0.910. The molecule has 96 valence electrons. The highest BCUT2D eigenvalue weighted by Gasteiger charge is 2.02. The van der Waals surface area contributed by atoms with Gasteiger partial charge in [-0.1, -0.05) is 47.7 Å². The first-order chi connectivity index (χ1) is 9.43. The molecule has 0 amide bonds. The van der Waals surface area contributed by atoms with E-state index in [2.05, 4.69) is 22.4 Å². The molecular weight excluding hydrogens is 238 g/mol. The second kappa shape index (κ2) is 5.63. The summed E-state index contributed by atoms with van der Waals surface area (Å²) >= 11 is 0. The molecule has 0 bridgehead atoms. The van der Waals surface area contributed by atoms with E-state index in [-0.39, 0.29) is 0 Å². The molecule has 0 atom stereocenters. The van der Waals surface area contributed by atoms with Crippen molar-refractivity contribution in [2.75, 3.05) is 6.61 Å². The first-order valence-electron chi connectivity index (χ1n) is 6.33. The molecule has 4 nitrogen and oxygen atoms in total. The van der Waals surface area contributed by atoms with Gasteiger partial charge >= 0.3 is 0 Å². The highest BCUT2D eigenvalue weighted by atomic mass is 16.5. The molecular formula is C15H15N3O. The lowest BCUT2D eigenvalue weighted by Crippen LogP contribution is -2.06. The highest BCUT2D eigenvalue weighted by molar-refractivity contribution is 5.73. The Balaban J connectivity index is 1.55. The van der Waals surface area contributed by atoms with Gasteiger partial charge in [0.2, 0.25) is 0 Å². The molecule has 1 aromatic heterocycles. The van der Waals surface area contributed by atoms with Gasteiger partial charge in [0.05, 0.1) is 12.1 Å². The van der Waals surface area contributed by atoms with Gasteiger partial charge in [0.1, 0.15) is 12.2 Å². The SMILES string of the molecule is c1ccc(CCOCn2nnc3ccccc32)cc1. The average Bonchev–Trinajstić information content (AvgIpc) is 2.88. The zero-order valence-corrected chi connectivity index (χ0v) is 10.6. The number of hydrogen-bond acceptors (Lipinski definition) is 3. The number of para-hydroxylation sites is 1. The second-order valence-corrected chi connectivity index (χ2v) is 4.35. The maximum Gasteiger partial charge on any atom is 0.141 e. The van der Waals surface area contributed by atoms with Crippen LogP contribution in [-0.4, -0.2) is 21.6 Å². The predicted octanol–water partition coefficient (Wildman–Crippen LogP) is 2.65. The second-order valence-electron chi connectivity index (χ2n) is 4.35. The Morgan fingerprint density at radius 2 is 1.74 bits per heavy atom. The van der Waals surface area contributed by atoms with Crippen molar-refractivity contribution in [3.8, 4) is 0 Å². The summed E-state index contributed by atoms with van der Waals surface area (Å²) in [4.78, 5) is 0. The van der Waals surface area contributed by atoms with E-state index >= 15 is 0 Å². The molecule has 0 saturated heterocycles. The Morgan fingerprint density at radius 1 is 0.947 bits per heavy atom. The van der Waals surface area contributed by atoms with Crippen LogP contribution in [0.15, 0.2) is 54.6 Å². The third-order valence-corrected chi connectivity index (χ3v) is 3.01. The summed E-state index contributed by atoms with van der Waals surface area (Å²) in [6, 6.07) is 18.2. The number of aromatic nitrogens is 3. The Labute approximate surface area is 111 Å². The number of hydrogen-bond donors (Lipinski definition) is 0. The fourth-order valence-corrected chi connectivity index (χ4v) is 2.00. The van der Waals surface area contributed by atoms with Crippen LogP contribution in [0.5, 0.6) is 0 Å². The van der Waals surface area contributed by atoms with Gasteiger partial charge in [-0.15, -0.1) is 5.10 Å². The molecule has 3 aromatic rings. The summed E-state index contributed by atoms with van der Waals surface area (Å²) in [7, 11) is 0. The summed E-state index contributed by atoms with van der Waals surface area (Å²) in [5.41, 5.74) is 3.18. The quantitative estimate of drug-likeness (QED) is 0.656. The van der Waals surface area contributed by atoms with E-state index < -0.39 is 0 Å². The number of fused-ring (bicyclic) bond motifs is 1. The van der Waals surface area contributed by atoms with Gasteiger partial charge in [-0.3, -0.25) is 0 Å². The third-order valence-electron chi connectivity index (χ3n) is 3.01. The van der Waals surface area contributed by atoms with Crippen molar-refractivity contribution in [2.45, 2.75) is 13.2 Å². The van der Waals surface area contributed by atoms with Gasteiger partial charge in [-0.05, 0) is 24.1 Å². The van der Waals surface area contributed by atoms with Crippen LogP contribution in [0.3, 0.4) is 0 Å². The number of benzene rings is 2. The summed E-state index contributed by atoms with van der Waals surface area (Å²) in [6.45, 7) is 1.12. The van der Waals surface area contributed by atoms with Crippen molar-refractivity contribution in [1.82, 2.24) is 15.0 Å². The van der Waals surface area contributed by atoms with E-state index in [4.69, 9.17) is 4.74 Å². The van der Waals surface area contributed by atoms with E-state index in [0.29, 0.717) is 13.3 Å². The minimum atomic E-state index is 0.438. The van der Waals surface area contributed by atoms with Gasteiger partial charge in [0, 0.05) is 0 Å². The van der Waals surface area contributed by atoms with E-state index in [1.807, 2.05) is 42.5 Å². The Morgan fingerprint density at radius 3 is 2.63 bits per heavy atom. The zero-order valence-electron chi connectivity index (χ0n) is 10.6. The first-order valence-corrected chi connectivity index (χ1v) is 6.33. The number of rotatable bonds is 5. The van der Waals surface area contributed by atoms with Crippen molar-refractivity contribution in [1.29, 1.82) is 0 Å². The van der Waals surface area contributed by atoms with Crippen LogP contribution in [0.2, 0.25) is 0 Å². The maximum atomic E-state index is 5.65. The fourth-order valence-electron chi connectivity index (χ4n) is 2.00. The zero-order chi connectivity index (χ0) is 12.9. The highest BCUT2D eigenvalue weighted by Crippen LogP contribution is 2.09. The number of ether oxygens (including phenoxy) is 1. The van der Waals surface area contributed by atoms with Crippen molar-refractivity contribution in [2.24, 2.45) is 0 Å². The van der Waals surface area contributed by atoms with Crippen LogP contribution >= 0.6 is 0 Å². The Hall–Kier alpha value is -2.20. The lowest BCUT2D eigenvalue weighted by atomic mass is 10.2. The molecule has 2 aromatic carbocycles. The monoisotopic (exact) mass is 253 g/mol. The Kier molecular flexibility index (Phi) is 3.51. The van der Waals surface area contributed by atoms with Crippen LogP contribution in [0.1, 0.15) is 5.56 Å². The van der Waals surface area contributed by atoms with Gasteiger partial charge in [-0.25, -0.2) is 4.68 Å². The largest absolute Gasteiger partial charge is 0.359 e. The molecule has 0 saturated carbocycles. The molecule has 0 radical (unpaired) electrons. The van der Waals surface area contributed by atoms with Crippen LogP contribution < -0.4 is 0 Å². The van der Waals surface area contributed by atoms with Crippen LogP contribution in [-0.2, 0) is 17.9 Å². The Bertz CT molecular complexity index is 649. The van der Waals surface area contributed by atoms with Gasteiger partial charge in [0.15, 0.2) is 0 Å². The number of nitrogens with zero attached hydrogens (tertiary/aromatic N) is 3. The van der Waals surface area contributed by atoms with Crippen molar-refractivity contribution in [3.63, 3.8) is 0 Å². The topological polar surface area (TPSA) is 39.9 Å². The average molecular weight is 253 g/mol. The van der Waals surface area contributed by atoms with E-state index in [0.717, 1.165) is 17.5 Å². The summed E-state index contributed by atoms with van der Waals surface area (Å²) in [5, 5.41) is 8.17. The molecule has 3 rings (SSSR count). The molecule has 0 fully saturated rings. The van der Waals surface area contributed by atoms with E-state index in [9.17, 15) is 0 Å². The maximum absolute atomic E-state index is 5.65. The molecule has 0 spiro atoms. The molecule has 0 unspecified atom stereocenters. The normalized spacial score (nSPS) is 10.9. The minimum Gasteiger partial charge on any atom is -0.359 e. The molecule has 1 heterocycles.